The maximum Gasteiger partial charge on any atom is 0.0577 e. The molecule has 1 nitrogen and oxygen atoms in total. The van der Waals surface area contributed by atoms with Crippen LogP contribution in [0.2, 0.25) is 5.02 Å². The van der Waals surface area contributed by atoms with Crippen LogP contribution < -0.4 is 0 Å². The molecule has 0 bridgehead atoms. The van der Waals surface area contributed by atoms with E-state index in [2.05, 4.69) is 0 Å². The van der Waals surface area contributed by atoms with Crippen LogP contribution in [0, 0.1) is 6.92 Å². The van der Waals surface area contributed by atoms with Crippen LogP contribution >= 0.6 is 11.6 Å². The lowest BCUT2D eigenvalue weighted by Gasteiger charge is -2.08. The van der Waals surface area contributed by atoms with Crippen molar-refractivity contribution in [3.8, 4) is 0 Å². The van der Waals surface area contributed by atoms with Crippen molar-refractivity contribution in [3.63, 3.8) is 0 Å². The fourth-order valence-corrected chi connectivity index (χ4v) is 1.38. The van der Waals surface area contributed by atoms with E-state index >= 15 is 0 Å². The lowest BCUT2D eigenvalue weighted by atomic mass is 10.0. The van der Waals surface area contributed by atoms with E-state index in [1.165, 1.54) is 0 Å². The molecule has 1 aromatic carbocycles. The number of benzene rings is 1. The van der Waals surface area contributed by atoms with E-state index < -0.39 is 0 Å². The van der Waals surface area contributed by atoms with Crippen LogP contribution in [0.3, 0.4) is 0 Å². The molecule has 1 rings (SSSR count). The molecule has 0 aliphatic carbocycles. The predicted octanol–water partition coefficient (Wildman–Crippen LogP) is 2.96. The molecule has 13 heavy (non-hydrogen) atoms. The van der Waals surface area contributed by atoms with Crippen molar-refractivity contribution in [1.29, 1.82) is 0 Å². The number of hydrogen-bond acceptors (Lipinski definition) is 1. The number of hydrogen-bond donors (Lipinski definition) is 1. The van der Waals surface area contributed by atoms with Crippen molar-refractivity contribution in [2.75, 3.05) is 0 Å². The lowest BCUT2D eigenvalue weighted by molar-refractivity contribution is 0.171. The van der Waals surface area contributed by atoms with Crippen molar-refractivity contribution >= 4 is 11.6 Å². The van der Waals surface area contributed by atoms with Crippen molar-refractivity contribution in [2.24, 2.45) is 0 Å². The Kier molecular flexibility index (Phi) is 3.76. The molecule has 0 unspecified atom stereocenters. The van der Waals surface area contributed by atoms with Gasteiger partial charge in [0.2, 0.25) is 0 Å². The van der Waals surface area contributed by atoms with Gasteiger partial charge in [-0.3, -0.25) is 0 Å². The Labute approximate surface area is 84.4 Å². The quantitative estimate of drug-likeness (QED) is 0.792. The maximum atomic E-state index is 9.43. The van der Waals surface area contributed by atoms with Gasteiger partial charge in [0, 0.05) is 5.02 Å². The standard InChI is InChI=1S/C11H15ClO/c1-3-10(13)6-9-5-4-8(2)11(12)7-9/h4-5,7,10,13H,3,6H2,1-2H3/t10-/m1/s1. The van der Waals surface area contributed by atoms with Crippen LogP contribution in [-0.4, -0.2) is 11.2 Å². The zero-order valence-electron chi connectivity index (χ0n) is 8.05. The monoisotopic (exact) mass is 198 g/mol. The van der Waals surface area contributed by atoms with Gasteiger partial charge < -0.3 is 5.11 Å². The molecular formula is C11H15ClO. The number of aliphatic hydroxyl groups is 1. The van der Waals surface area contributed by atoms with Crippen LogP contribution in [0.5, 0.6) is 0 Å². The Morgan fingerprint density at radius 2 is 2.15 bits per heavy atom. The second kappa shape index (κ2) is 4.64. The molecule has 0 aliphatic rings. The van der Waals surface area contributed by atoms with E-state index in [4.69, 9.17) is 11.6 Å². The Morgan fingerprint density at radius 1 is 1.46 bits per heavy atom. The average molecular weight is 199 g/mol. The molecule has 72 valence electrons. The molecule has 2 heteroatoms. The van der Waals surface area contributed by atoms with Crippen LogP contribution in [0.1, 0.15) is 24.5 Å². The molecule has 0 saturated carbocycles. The molecule has 0 fully saturated rings. The Hall–Kier alpha value is -0.530. The highest BCUT2D eigenvalue weighted by Gasteiger charge is 2.03. The van der Waals surface area contributed by atoms with E-state index in [1.54, 1.807) is 0 Å². The predicted molar refractivity (Wildman–Crippen MR) is 56.2 cm³/mol. The topological polar surface area (TPSA) is 20.2 Å². The number of aryl methyl sites for hydroxylation is 1. The molecule has 1 aromatic rings. The fourth-order valence-electron chi connectivity index (χ4n) is 1.18. The first-order valence-corrected chi connectivity index (χ1v) is 4.94. The molecule has 1 N–H and O–H groups in total. The Morgan fingerprint density at radius 3 is 2.69 bits per heavy atom. The highest BCUT2D eigenvalue weighted by Crippen LogP contribution is 2.17. The molecule has 0 heterocycles. The Bertz CT molecular complexity index is 283. The second-order valence-corrected chi connectivity index (χ2v) is 3.76. The Balaban J connectivity index is 2.73. The first-order chi connectivity index (χ1) is 6.13. The number of halogens is 1. The highest BCUT2D eigenvalue weighted by molar-refractivity contribution is 6.31. The minimum Gasteiger partial charge on any atom is -0.393 e. The highest BCUT2D eigenvalue weighted by atomic mass is 35.5. The molecule has 0 aromatic heterocycles. The summed E-state index contributed by atoms with van der Waals surface area (Å²) in [7, 11) is 0. The van der Waals surface area contributed by atoms with Crippen molar-refractivity contribution < 1.29 is 5.11 Å². The third kappa shape index (κ3) is 3.02. The van der Waals surface area contributed by atoms with Gasteiger partial charge in [0.05, 0.1) is 6.10 Å². The first kappa shape index (κ1) is 10.6. The third-order valence-corrected chi connectivity index (χ3v) is 2.59. The van der Waals surface area contributed by atoms with Gasteiger partial charge in [-0.1, -0.05) is 30.7 Å². The second-order valence-electron chi connectivity index (χ2n) is 3.35. The van der Waals surface area contributed by atoms with Gasteiger partial charge in [0.25, 0.3) is 0 Å². The summed E-state index contributed by atoms with van der Waals surface area (Å²) in [6.45, 7) is 3.95. The number of aliphatic hydroxyl groups excluding tert-OH is 1. The van der Waals surface area contributed by atoms with Crippen LogP contribution in [0.4, 0.5) is 0 Å². The SMILES string of the molecule is CC[C@@H](O)Cc1ccc(C)c(Cl)c1. The lowest BCUT2D eigenvalue weighted by Crippen LogP contribution is -2.08. The van der Waals surface area contributed by atoms with Crippen molar-refractivity contribution in [2.45, 2.75) is 32.8 Å². The van der Waals surface area contributed by atoms with Gasteiger partial charge in [0.1, 0.15) is 0 Å². The zero-order chi connectivity index (χ0) is 9.84. The van der Waals surface area contributed by atoms with Crippen molar-refractivity contribution in [3.05, 3.63) is 34.3 Å². The summed E-state index contributed by atoms with van der Waals surface area (Å²) in [5.74, 6) is 0. The van der Waals surface area contributed by atoms with Crippen LogP contribution in [-0.2, 0) is 6.42 Å². The van der Waals surface area contributed by atoms with E-state index in [1.807, 2.05) is 32.0 Å². The fraction of sp³-hybridized carbons (Fsp3) is 0.455. The molecular weight excluding hydrogens is 184 g/mol. The van der Waals surface area contributed by atoms with Gasteiger partial charge >= 0.3 is 0 Å². The van der Waals surface area contributed by atoms with E-state index in [-0.39, 0.29) is 6.10 Å². The summed E-state index contributed by atoms with van der Waals surface area (Å²) in [6, 6.07) is 5.93. The molecule has 0 spiro atoms. The largest absolute Gasteiger partial charge is 0.393 e. The van der Waals surface area contributed by atoms with E-state index in [0.29, 0.717) is 6.42 Å². The number of rotatable bonds is 3. The summed E-state index contributed by atoms with van der Waals surface area (Å²) in [5, 5.41) is 10.2. The smallest absolute Gasteiger partial charge is 0.0577 e. The van der Waals surface area contributed by atoms with Gasteiger partial charge in [-0.05, 0) is 37.0 Å². The van der Waals surface area contributed by atoms with Crippen molar-refractivity contribution in [1.82, 2.24) is 0 Å². The molecule has 0 radical (unpaired) electrons. The molecule has 1 atom stereocenters. The van der Waals surface area contributed by atoms with Gasteiger partial charge in [0.15, 0.2) is 0 Å². The summed E-state index contributed by atoms with van der Waals surface area (Å²) < 4.78 is 0. The normalized spacial score (nSPS) is 12.9. The third-order valence-electron chi connectivity index (χ3n) is 2.18. The van der Waals surface area contributed by atoms with Crippen LogP contribution in [0.15, 0.2) is 18.2 Å². The zero-order valence-corrected chi connectivity index (χ0v) is 8.80. The van der Waals surface area contributed by atoms with E-state index in [0.717, 1.165) is 22.6 Å². The van der Waals surface area contributed by atoms with Gasteiger partial charge in [-0.2, -0.15) is 0 Å². The maximum absolute atomic E-state index is 9.43. The molecule has 0 saturated heterocycles. The minimum absolute atomic E-state index is 0.251. The van der Waals surface area contributed by atoms with E-state index in [9.17, 15) is 5.11 Å². The molecule has 0 amide bonds. The molecule has 0 aliphatic heterocycles. The minimum atomic E-state index is -0.251. The van der Waals surface area contributed by atoms with Gasteiger partial charge in [-0.25, -0.2) is 0 Å². The summed E-state index contributed by atoms with van der Waals surface area (Å²) in [4.78, 5) is 0. The summed E-state index contributed by atoms with van der Waals surface area (Å²) in [5.41, 5.74) is 2.18. The van der Waals surface area contributed by atoms with Gasteiger partial charge in [-0.15, -0.1) is 0 Å². The average Bonchev–Trinajstić information content (AvgIpc) is 2.11. The first-order valence-electron chi connectivity index (χ1n) is 4.56. The van der Waals surface area contributed by atoms with Crippen LogP contribution in [0.25, 0.3) is 0 Å². The summed E-state index contributed by atoms with van der Waals surface area (Å²) >= 11 is 5.96. The summed E-state index contributed by atoms with van der Waals surface area (Å²) in [6.07, 6.45) is 1.22.